The van der Waals surface area contributed by atoms with Gasteiger partial charge >= 0.3 is 0 Å². The molecule has 5 nitrogen and oxygen atoms in total. The normalized spacial score (nSPS) is 22.8. The van der Waals surface area contributed by atoms with Crippen molar-refractivity contribution in [3.63, 3.8) is 0 Å². The molecule has 1 N–H and O–H groups in total. The number of nitrogens with zero attached hydrogens (tertiary/aromatic N) is 3. The summed E-state index contributed by atoms with van der Waals surface area (Å²) in [6.07, 6.45) is 1.73. The van der Waals surface area contributed by atoms with E-state index in [-0.39, 0.29) is 0 Å². The van der Waals surface area contributed by atoms with Gasteiger partial charge in [-0.15, -0.1) is 0 Å². The fourth-order valence-electron chi connectivity index (χ4n) is 2.25. The lowest BCUT2D eigenvalue weighted by Crippen LogP contribution is -2.34. The second-order valence-corrected chi connectivity index (χ2v) is 5.55. The summed E-state index contributed by atoms with van der Waals surface area (Å²) >= 11 is 1.92. The van der Waals surface area contributed by atoms with Gasteiger partial charge in [0.1, 0.15) is 5.69 Å². The Labute approximate surface area is 116 Å². The smallest absolute Gasteiger partial charge is 0.232 e. The Bertz CT molecular complexity index is 530. The van der Waals surface area contributed by atoms with Crippen molar-refractivity contribution in [2.75, 3.05) is 18.1 Å². The highest BCUT2D eigenvalue weighted by molar-refractivity contribution is 7.99. The highest BCUT2D eigenvalue weighted by Gasteiger charge is 2.33. The Kier molecular flexibility index (Phi) is 3.79. The first-order valence-corrected chi connectivity index (χ1v) is 7.60. The van der Waals surface area contributed by atoms with Crippen LogP contribution in [-0.2, 0) is 0 Å². The maximum Gasteiger partial charge on any atom is 0.232 e. The number of rotatable bonds is 4. The Balaban J connectivity index is 1.81. The van der Waals surface area contributed by atoms with Crippen LogP contribution in [0.5, 0.6) is 0 Å². The zero-order valence-corrected chi connectivity index (χ0v) is 11.6. The molecule has 19 heavy (non-hydrogen) atoms. The number of hydrogen-bond donors (Lipinski definition) is 1. The maximum absolute atomic E-state index is 5.43. The molecule has 2 aromatic heterocycles. The molecule has 0 radical (unpaired) electrons. The second kappa shape index (κ2) is 5.71. The molecule has 1 aliphatic rings. The lowest BCUT2D eigenvalue weighted by molar-refractivity contribution is 0.340. The average molecular weight is 276 g/mol. The molecule has 3 rings (SSSR count). The molecule has 100 valence electrons. The highest BCUT2D eigenvalue weighted by Crippen LogP contribution is 2.32. The first-order valence-electron chi connectivity index (χ1n) is 6.44. The molecule has 0 amide bonds. The summed E-state index contributed by atoms with van der Waals surface area (Å²) in [6.45, 7) is 3.08. The van der Waals surface area contributed by atoms with Crippen LogP contribution in [0.2, 0.25) is 0 Å². The van der Waals surface area contributed by atoms with Crippen molar-refractivity contribution in [3.05, 3.63) is 30.3 Å². The van der Waals surface area contributed by atoms with Crippen molar-refractivity contribution in [2.45, 2.75) is 18.9 Å². The zero-order valence-electron chi connectivity index (χ0n) is 10.7. The van der Waals surface area contributed by atoms with Gasteiger partial charge in [0, 0.05) is 23.7 Å². The van der Waals surface area contributed by atoms with E-state index in [2.05, 4.69) is 27.4 Å². The summed E-state index contributed by atoms with van der Waals surface area (Å²) < 4.78 is 5.43. The largest absolute Gasteiger partial charge is 0.339 e. The number of likely N-dealkylation sites (N-methyl/N-ethyl adjacent to an activating group) is 1. The van der Waals surface area contributed by atoms with Crippen molar-refractivity contribution >= 4 is 11.8 Å². The molecule has 2 atom stereocenters. The van der Waals surface area contributed by atoms with Crippen LogP contribution in [0.25, 0.3) is 11.5 Å². The van der Waals surface area contributed by atoms with Crippen LogP contribution in [-0.4, -0.2) is 39.2 Å². The summed E-state index contributed by atoms with van der Waals surface area (Å²) in [7, 11) is 0. The van der Waals surface area contributed by atoms with Crippen molar-refractivity contribution in [2.24, 2.45) is 0 Å². The molecule has 6 heteroatoms. The number of thioether (sulfide) groups is 1. The highest BCUT2D eigenvalue weighted by atomic mass is 32.2. The number of hydrogen-bond acceptors (Lipinski definition) is 6. The summed E-state index contributed by atoms with van der Waals surface area (Å²) in [5, 5.41) is 7.52. The first kappa shape index (κ1) is 12.6. The predicted molar refractivity (Wildman–Crippen MR) is 75.1 cm³/mol. The van der Waals surface area contributed by atoms with E-state index in [9.17, 15) is 0 Å². The van der Waals surface area contributed by atoms with E-state index in [1.807, 2.05) is 30.0 Å². The van der Waals surface area contributed by atoms with Crippen molar-refractivity contribution in [1.29, 1.82) is 0 Å². The lowest BCUT2D eigenvalue weighted by Gasteiger charge is -2.15. The van der Waals surface area contributed by atoms with Crippen molar-refractivity contribution < 1.29 is 4.52 Å². The van der Waals surface area contributed by atoms with Crippen molar-refractivity contribution in [3.8, 4) is 11.5 Å². The molecule has 0 aliphatic carbocycles. The van der Waals surface area contributed by atoms with Crippen LogP contribution >= 0.6 is 11.8 Å². The van der Waals surface area contributed by atoms with Crippen LogP contribution in [0.3, 0.4) is 0 Å². The standard InChI is InChI=1S/C13H16N4OS/c1-2-14-11-8-19-7-9(11)13-16-12(17-18-13)10-5-3-4-6-15-10/h3-6,9,11,14H,2,7-8H2,1H3. The van der Waals surface area contributed by atoms with Gasteiger partial charge < -0.3 is 9.84 Å². The summed E-state index contributed by atoms with van der Waals surface area (Å²) in [6, 6.07) is 6.11. The van der Waals surface area contributed by atoms with E-state index >= 15 is 0 Å². The minimum absolute atomic E-state index is 0.301. The Morgan fingerprint density at radius 3 is 3.16 bits per heavy atom. The van der Waals surface area contributed by atoms with Gasteiger partial charge in [0.2, 0.25) is 11.7 Å². The number of pyridine rings is 1. The van der Waals surface area contributed by atoms with Crippen LogP contribution in [0.15, 0.2) is 28.9 Å². The lowest BCUT2D eigenvalue weighted by atomic mass is 10.0. The average Bonchev–Trinajstić information content (AvgIpc) is 3.08. The molecule has 3 heterocycles. The van der Waals surface area contributed by atoms with Gasteiger partial charge in [-0.05, 0) is 18.7 Å². The molecule has 1 aliphatic heterocycles. The predicted octanol–water partition coefficient (Wildman–Crippen LogP) is 1.94. The summed E-state index contributed by atoms with van der Waals surface area (Å²) in [5.41, 5.74) is 0.753. The molecule has 0 spiro atoms. The molecular formula is C13H16N4OS. The third-order valence-corrected chi connectivity index (χ3v) is 4.39. The fourth-order valence-corrected chi connectivity index (χ4v) is 3.61. The third kappa shape index (κ3) is 2.64. The Hall–Kier alpha value is -1.40. The van der Waals surface area contributed by atoms with E-state index in [4.69, 9.17) is 4.52 Å². The minimum atomic E-state index is 0.301. The summed E-state index contributed by atoms with van der Waals surface area (Å²) in [5.74, 6) is 3.72. The molecule has 2 aromatic rings. The van der Waals surface area contributed by atoms with E-state index in [0.29, 0.717) is 17.8 Å². The monoisotopic (exact) mass is 276 g/mol. The molecule has 0 saturated carbocycles. The molecule has 1 fully saturated rings. The molecule has 0 aromatic carbocycles. The van der Waals surface area contributed by atoms with Gasteiger partial charge in [0.05, 0.1) is 5.92 Å². The van der Waals surface area contributed by atoms with E-state index < -0.39 is 0 Å². The molecule has 1 saturated heterocycles. The van der Waals surface area contributed by atoms with Gasteiger partial charge in [-0.2, -0.15) is 16.7 Å². The second-order valence-electron chi connectivity index (χ2n) is 4.48. The van der Waals surface area contributed by atoms with E-state index in [1.165, 1.54) is 0 Å². The van der Waals surface area contributed by atoms with Gasteiger partial charge in [-0.25, -0.2) is 0 Å². The molecule has 0 bridgehead atoms. The van der Waals surface area contributed by atoms with Crippen LogP contribution in [0.1, 0.15) is 18.7 Å². The van der Waals surface area contributed by atoms with Gasteiger partial charge in [0.25, 0.3) is 0 Å². The number of nitrogens with one attached hydrogen (secondary N) is 1. The van der Waals surface area contributed by atoms with Gasteiger partial charge in [-0.1, -0.05) is 18.1 Å². The third-order valence-electron chi connectivity index (χ3n) is 3.20. The Morgan fingerprint density at radius 2 is 2.37 bits per heavy atom. The van der Waals surface area contributed by atoms with Gasteiger partial charge in [-0.3, -0.25) is 4.98 Å². The minimum Gasteiger partial charge on any atom is -0.339 e. The van der Waals surface area contributed by atoms with Gasteiger partial charge in [0.15, 0.2) is 0 Å². The topological polar surface area (TPSA) is 63.8 Å². The molecule has 2 unspecified atom stereocenters. The van der Waals surface area contributed by atoms with Crippen LogP contribution < -0.4 is 5.32 Å². The quantitative estimate of drug-likeness (QED) is 0.920. The van der Waals surface area contributed by atoms with Crippen molar-refractivity contribution in [1.82, 2.24) is 20.4 Å². The summed E-state index contributed by atoms with van der Waals surface area (Å²) in [4.78, 5) is 8.74. The number of aromatic nitrogens is 3. The zero-order chi connectivity index (χ0) is 13.1. The van der Waals surface area contributed by atoms with E-state index in [1.54, 1.807) is 6.20 Å². The molecular weight excluding hydrogens is 260 g/mol. The first-order chi connectivity index (χ1) is 9.38. The van der Waals surface area contributed by atoms with Crippen LogP contribution in [0, 0.1) is 0 Å². The SMILES string of the molecule is CCNC1CSCC1c1nc(-c2ccccn2)no1. The van der Waals surface area contributed by atoms with Crippen LogP contribution in [0.4, 0.5) is 0 Å². The Morgan fingerprint density at radius 1 is 1.42 bits per heavy atom. The van der Waals surface area contributed by atoms with E-state index in [0.717, 1.165) is 29.6 Å². The fraction of sp³-hybridized carbons (Fsp3) is 0.462. The maximum atomic E-state index is 5.43.